The van der Waals surface area contributed by atoms with Gasteiger partial charge in [0.1, 0.15) is 5.60 Å². The van der Waals surface area contributed by atoms with Crippen LogP contribution < -0.4 is 4.90 Å². The maximum Gasteiger partial charge on any atom is 0.258 e. The highest BCUT2D eigenvalue weighted by Gasteiger charge is 2.27. The number of likely N-dealkylation sites (N-methyl/N-ethyl adjacent to an activating group) is 1. The van der Waals surface area contributed by atoms with Gasteiger partial charge in [0.15, 0.2) is 0 Å². The van der Waals surface area contributed by atoms with Crippen LogP contribution in [0.4, 0.5) is 5.69 Å². The SMILES string of the molecule is CCSc1ccc(N(C)C(=O)C(C)(C)O)cc1. The van der Waals surface area contributed by atoms with Gasteiger partial charge in [-0.05, 0) is 43.9 Å². The van der Waals surface area contributed by atoms with E-state index >= 15 is 0 Å². The fourth-order valence-electron chi connectivity index (χ4n) is 1.46. The molecule has 1 aromatic rings. The van der Waals surface area contributed by atoms with Gasteiger partial charge in [-0.1, -0.05) is 6.92 Å². The Morgan fingerprint density at radius 2 is 1.88 bits per heavy atom. The van der Waals surface area contributed by atoms with Crippen LogP contribution in [0, 0.1) is 0 Å². The molecule has 0 heterocycles. The van der Waals surface area contributed by atoms with Crippen molar-refractivity contribution in [3.63, 3.8) is 0 Å². The van der Waals surface area contributed by atoms with E-state index in [0.717, 1.165) is 11.4 Å². The normalized spacial score (nSPS) is 11.4. The molecule has 0 aliphatic heterocycles. The molecule has 17 heavy (non-hydrogen) atoms. The molecule has 0 radical (unpaired) electrons. The molecule has 1 N–H and O–H groups in total. The number of thioether (sulfide) groups is 1. The van der Waals surface area contributed by atoms with Gasteiger partial charge in [-0.25, -0.2) is 0 Å². The van der Waals surface area contributed by atoms with E-state index in [0.29, 0.717) is 0 Å². The van der Waals surface area contributed by atoms with E-state index in [4.69, 9.17) is 0 Å². The minimum atomic E-state index is -1.34. The topological polar surface area (TPSA) is 40.5 Å². The first-order chi connectivity index (χ1) is 7.86. The second-order valence-electron chi connectivity index (χ2n) is 4.35. The number of hydrogen-bond donors (Lipinski definition) is 1. The lowest BCUT2D eigenvalue weighted by Gasteiger charge is -2.25. The highest BCUT2D eigenvalue weighted by molar-refractivity contribution is 7.99. The number of nitrogens with zero attached hydrogens (tertiary/aromatic N) is 1. The lowest BCUT2D eigenvalue weighted by atomic mass is 10.1. The monoisotopic (exact) mass is 253 g/mol. The van der Waals surface area contributed by atoms with Crippen molar-refractivity contribution < 1.29 is 9.90 Å². The first-order valence-electron chi connectivity index (χ1n) is 5.59. The molecule has 0 bridgehead atoms. The minimum absolute atomic E-state index is 0.312. The third-order valence-corrected chi connectivity index (χ3v) is 3.26. The average Bonchev–Trinajstić information content (AvgIpc) is 2.27. The molecule has 0 aliphatic carbocycles. The predicted octanol–water partition coefficient (Wildman–Crippen LogP) is 2.53. The Balaban J connectivity index is 2.83. The number of benzene rings is 1. The second kappa shape index (κ2) is 5.56. The van der Waals surface area contributed by atoms with Gasteiger partial charge in [0.05, 0.1) is 0 Å². The molecule has 0 saturated carbocycles. The van der Waals surface area contributed by atoms with Crippen molar-refractivity contribution in [1.29, 1.82) is 0 Å². The molecule has 0 saturated heterocycles. The summed E-state index contributed by atoms with van der Waals surface area (Å²) in [5, 5.41) is 9.66. The molecule has 0 spiro atoms. The first kappa shape index (κ1) is 14.1. The molecule has 1 rings (SSSR count). The Bertz CT molecular complexity index is 381. The van der Waals surface area contributed by atoms with Gasteiger partial charge in [0, 0.05) is 17.6 Å². The van der Waals surface area contributed by atoms with Gasteiger partial charge in [0.25, 0.3) is 5.91 Å². The molecule has 1 aromatic carbocycles. The maximum absolute atomic E-state index is 11.8. The molecule has 4 heteroatoms. The molecule has 0 aliphatic rings. The van der Waals surface area contributed by atoms with Crippen molar-refractivity contribution in [3.8, 4) is 0 Å². The largest absolute Gasteiger partial charge is 0.381 e. The Labute approximate surface area is 107 Å². The summed E-state index contributed by atoms with van der Waals surface area (Å²) in [6, 6.07) is 7.75. The zero-order chi connectivity index (χ0) is 13.1. The number of hydrogen-bond acceptors (Lipinski definition) is 3. The zero-order valence-electron chi connectivity index (χ0n) is 10.7. The Morgan fingerprint density at radius 1 is 1.35 bits per heavy atom. The summed E-state index contributed by atoms with van der Waals surface area (Å²) in [6.45, 7) is 5.09. The lowest BCUT2D eigenvalue weighted by Crippen LogP contribution is -2.43. The van der Waals surface area contributed by atoms with E-state index in [2.05, 4.69) is 6.92 Å². The van der Waals surface area contributed by atoms with Gasteiger partial charge in [-0.2, -0.15) is 0 Å². The summed E-state index contributed by atoms with van der Waals surface area (Å²) in [4.78, 5) is 14.5. The third kappa shape index (κ3) is 3.75. The van der Waals surface area contributed by atoms with Crippen molar-refractivity contribution in [1.82, 2.24) is 0 Å². The minimum Gasteiger partial charge on any atom is -0.381 e. The van der Waals surface area contributed by atoms with Crippen molar-refractivity contribution in [3.05, 3.63) is 24.3 Å². The van der Waals surface area contributed by atoms with Gasteiger partial charge in [-0.15, -0.1) is 11.8 Å². The standard InChI is InChI=1S/C13H19NO2S/c1-5-17-11-8-6-10(7-9-11)14(4)12(15)13(2,3)16/h6-9,16H,5H2,1-4H3. The van der Waals surface area contributed by atoms with E-state index in [1.807, 2.05) is 24.3 Å². The van der Waals surface area contributed by atoms with Crippen LogP contribution in [-0.2, 0) is 4.79 Å². The second-order valence-corrected chi connectivity index (χ2v) is 5.69. The van der Waals surface area contributed by atoms with Crippen LogP contribution in [0.25, 0.3) is 0 Å². The summed E-state index contributed by atoms with van der Waals surface area (Å²) in [5.74, 6) is 0.714. The first-order valence-corrected chi connectivity index (χ1v) is 6.58. The molecule has 1 amide bonds. The number of carbonyl (C=O) groups excluding carboxylic acids is 1. The van der Waals surface area contributed by atoms with E-state index in [9.17, 15) is 9.90 Å². The number of carbonyl (C=O) groups is 1. The van der Waals surface area contributed by atoms with Crippen LogP contribution in [0.5, 0.6) is 0 Å². The van der Waals surface area contributed by atoms with Crippen LogP contribution >= 0.6 is 11.8 Å². The van der Waals surface area contributed by atoms with Crippen LogP contribution in [-0.4, -0.2) is 29.4 Å². The number of anilines is 1. The molecule has 0 fully saturated rings. The predicted molar refractivity (Wildman–Crippen MR) is 72.5 cm³/mol. The molecule has 3 nitrogen and oxygen atoms in total. The Hall–Kier alpha value is -1.00. The summed E-state index contributed by atoms with van der Waals surface area (Å²) >= 11 is 1.76. The van der Waals surface area contributed by atoms with Crippen LogP contribution in [0.15, 0.2) is 29.2 Å². The Kier molecular flexibility index (Phi) is 4.60. The van der Waals surface area contributed by atoms with E-state index in [-0.39, 0.29) is 5.91 Å². The highest BCUT2D eigenvalue weighted by atomic mass is 32.2. The van der Waals surface area contributed by atoms with Crippen molar-refractivity contribution in [2.45, 2.75) is 31.3 Å². The Morgan fingerprint density at radius 3 is 2.29 bits per heavy atom. The number of aliphatic hydroxyl groups is 1. The molecule has 0 atom stereocenters. The molecule has 0 aromatic heterocycles. The summed E-state index contributed by atoms with van der Waals surface area (Å²) < 4.78 is 0. The van der Waals surface area contributed by atoms with Gasteiger partial charge < -0.3 is 10.0 Å². The van der Waals surface area contributed by atoms with Gasteiger partial charge in [-0.3, -0.25) is 4.79 Å². The van der Waals surface area contributed by atoms with Crippen molar-refractivity contribution in [2.24, 2.45) is 0 Å². The molecular formula is C13H19NO2S. The van der Waals surface area contributed by atoms with Gasteiger partial charge in [0.2, 0.25) is 0 Å². The van der Waals surface area contributed by atoms with Crippen LogP contribution in [0.1, 0.15) is 20.8 Å². The molecule has 94 valence electrons. The maximum atomic E-state index is 11.8. The fourth-order valence-corrected chi connectivity index (χ4v) is 2.12. The molecular weight excluding hydrogens is 234 g/mol. The highest BCUT2D eigenvalue weighted by Crippen LogP contribution is 2.22. The fraction of sp³-hybridized carbons (Fsp3) is 0.462. The summed E-state index contributed by atoms with van der Waals surface area (Å²) in [5.41, 5.74) is -0.552. The number of amides is 1. The van der Waals surface area contributed by atoms with E-state index < -0.39 is 5.60 Å². The zero-order valence-corrected chi connectivity index (χ0v) is 11.5. The van der Waals surface area contributed by atoms with Gasteiger partial charge >= 0.3 is 0 Å². The van der Waals surface area contributed by atoms with E-state index in [1.165, 1.54) is 23.6 Å². The van der Waals surface area contributed by atoms with Crippen LogP contribution in [0.2, 0.25) is 0 Å². The smallest absolute Gasteiger partial charge is 0.258 e. The average molecular weight is 253 g/mol. The summed E-state index contributed by atoms with van der Waals surface area (Å²) in [6.07, 6.45) is 0. The van der Waals surface area contributed by atoms with Crippen molar-refractivity contribution >= 4 is 23.4 Å². The van der Waals surface area contributed by atoms with Crippen LogP contribution in [0.3, 0.4) is 0 Å². The number of rotatable bonds is 4. The summed E-state index contributed by atoms with van der Waals surface area (Å²) in [7, 11) is 1.67. The quantitative estimate of drug-likeness (QED) is 0.838. The third-order valence-electron chi connectivity index (χ3n) is 2.36. The molecule has 0 unspecified atom stereocenters. The van der Waals surface area contributed by atoms with Crippen molar-refractivity contribution in [2.75, 3.05) is 17.7 Å². The van der Waals surface area contributed by atoms with E-state index in [1.54, 1.807) is 18.8 Å². The lowest BCUT2D eigenvalue weighted by molar-refractivity contribution is -0.133.